The van der Waals surface area contributed by atoms with E-state index in [2.05, 4.69) is 32.6 Å². The molecule has 4 rings (SSSR count). The van der Waals surface area contributed by atoms with Crippen LogP contribution in [0, 0.1) is 0 Å². The number of ether oxygens (including phenoxy) is 1. The maximum atomic E-state index is 9.86. The molecule has 0 spiro atoms. The smallest absolute Gasteiger partial charge is 0.168 e. The third-order valence-electron chi connectivity index (χ3n) is 5.41. The zero-order valence-corrected chi connectivity index (χ0v) is 14.4. The Labute approximate surface area is 147 Å². The van der Waals surface area contributed by atoms with Crippen molar-refractivity contribution in [3.8, 4) is 0 Å². The lowest BCUT2D eigenvalue weighted by Gasteiger charge is -2.38. The summed E-state index contributed by atoms with van der Waals surface area (Å²) in [5.41, 5.74) is 1.19. The van der Waals surface area contributed by atoms with E-state index in [9.17, 15) is 5.11 Å². The second-order valence-corrected chi connectivity index (χ2v) is 6.90. The highest BCUT2D eigenvalue weighted by atomic mass is 16.5. The summed E-state index contributed by atoms with van der Waals surface area (Å²) in [5, 5.41) is 22.4. The molecule has 2 aliphatic rings. The quantitative estimate of drug-likeness (QED) is 0.884. The normalized spacial score (nSPS) is 25.5. The molecule has 7 nitrogen and oxygen atoms in total. The minimum Gasteiger partial charge on any atom is -0.395 e. The Balaban J connectivity index is 1.58. The first-order valence-corrected chi connectivity index (χ1v) is 9.13. The van der Waals surface area contributed by atoms with Gasteiger partial charge >= 0.3 is 0 Å². The van der Waals surface area contributed by atoms with Crippen molar-refractivity contribution in [1.82, 2.24) is 25.1 Å². The zero-order valence-electron chi connectivity index (χ0n) is 14.4. The molecule has 0 unspecified atom stereocenters. The second-order valence-electron chi connectivity index (χ2n) is 6.90. The van der Waals surface area contributed by atoms with Gasteiger partial charge in [-0.2, -0.15) is 0 Å². The van der Waals surface area contributed by atoms with Crippen molar-refractivity contribution in [1.29, 1.82) is 0 Å². The van der Waals surface area contributed by atoms with Gasteiger partial charge in [0.15, 0.2) is 5.82 Å². The summed E-state index contributed by atoms with van der Waals surface area (Å²) in [5.74, 6) is 0.909. The predicted octanol–water partition coefficient (Wildman–Crippen LogP) is 1.40. The first-order chi connectivity index (χ1) is 12.4. The van der Waals surface area contributed by atoms with E-state index in [0.717, 1.165) is 44.7 Å². The predicted molar refractivity (Wildman–Crippen MR) is 91.9 cm³/mol. The molecule has 2 aromatic rings. The third kappa shape index (κ3) is 3.44. The molecule has 3 heterocycles. The van der Waals surface area contributed by atoms with Gasteiger partial charge in [0.2, 0.25) is 0 Å². The fraction of sp³-hybridized carbons (Fsp3) is 0.611. The van der Waals surface area contributed by atoms with Crippen LogP contribution in [0.4, 0.5) is 0 Å². The molecule has 0 radical (unpaired) electrons. The van der Waals surface area contributed by atoms with Crippen LogP contribution in [0.3, 0.4) is 0 Å². The van der Waals surface area contributed by atoms with Crippen molar-refractivity contribution in [2.75, 3.05) is 19.8 Å². The Kier molecular flexibility index (Phi) is 5.05. The van der Waals surface area contributed by atoms with Gasteiger partial charge in [0, 0.05) is 25.3 Å². The fourth-order valence-electron chi connectivity index (χ4n) is 4.21. The number of tetrazole rings is 1. The van der Waals surface area contributed by atoms with Crippen LogP contribution in [-0.2, 0) is 11.3 Å². The van der Waals surface area contributed by atoms with E-state index in [1.165, 1.54) is 5.56 Å². The molecule has 2 aliphatic heterocycles. The number of nitrogens with zero attached hydrogens (tertiary/aromatic N) is 5. The van der Waals surface area contributed by atoms with Crippen LogP contribution in [0.5, 0.6) is 0 Å². The highest BCUT2D eigenvalue weighted by molar-refractivity contribution is 5.15. The average molecular weight is 343 g/mol. The summed E-state index contributed by atoms with van der Waals surface area (Å²) >= 11 is 0. The van der Waals surface area contributed by atoms with Crippen molar-refractivity contribution in [2.45, 2.75) is 50.4 Å². The SMILES string of the molecule is OC[C@@H]1CC[C@H](c2nnnn2Cc2ccccc2)N1C1CCOCC1. The van der Waals surface area contributed by atoms with Crippen molar-refractivity contribution in [3.63, 3.8) is 0 Å². The standard InChI is InChI=1S/C18H25N5O2/c24-13-16-6-7-17(23(16)15-8-10-25-11-9-15)18-19-20-21-22(18)12-14-4-2-1-3-5-14/h1-5,15-17,24H,6-13H2/t16-,17+/m0/s1. The largest absolute Gasteiger partial charge is 0.395 e. The number of aliphatic hydroxyl groups excluding tert-OH is 1. The molecule has 2 fully saturated rings. The Morgan fingerprint density at radius 3 is 2.64 bits per heavy atom. The van der Waals surface area contributed by atoms with Crippen LogP contribution in [-0.4, -0.2) is 62.1 Å². The molecule has 0 saturated carbocycles. The van der Waals surface area contributed by atoms with E-state index in [0.29, 0.717) is 12.6 Å². The number of hydrogen-bond acceptors (Lipinski definition) is 6. The minimum absolute atomic E-state index is 0.166. The van der Waals surface area contributed by atoms with Crippen LogP contribution < -0.4 is 0 Å². The van der Waals surface area contributed by atoms with Gasteiger partial charge in [-0.05, 0) is 41.7 Å². The molecular formula is C18H25N5O2. The van der Waals surface area contributed by atoms with E-state index < -0.39 is 0 Å². The first kappa shape index (κ1) is 16.6. The van der Waals surface area contributed by atoms with E-state index in [4.69, 9.17) is 4.74 Å². The molecule has 1 aromatic carbocycles. The number of hydrogen-bond donors (Lipinski definition) is 1. The van der Waals surface area contributed by atoms with Crippen LogP contribution in [0.15, 0.2) is 30.3 Å². The molecule has 2 saturated heterocycles. The van der Waals surface area contributed by atoms with Gasteiger partial charge in [-0.3, -0.25) is 4.90 Å². The summed E-state index contributed by atoms with van der Waals surface area (Å²) in [7, 11) is 0. The summed E-state index contributed by atoms with van der Waals surface area (Å²) in [4.78, 5) is 2.45. The maximum Gasteiger partial charge on any atom is 0.168 e. The zero-order chi connectivity index (χ0) is 17.1. The van der Waals surface area contributed by atoms with E-state index in [1.807, 2.05) is 22.9 Å². The number of benzene rings is 1. The van der Waals surface area contributed by atoms with Gasteiger partial charge in [-0.15, -0.1) is 5.10 Å². The average Bonchev–Trinajstić information content (AvgIpc) is 3.29. The van der Waals surface area contributed by atoms with E-state index >= 15 is 0 Å². The van der Waals surface area contributed by atoms with Crippen molar-refractivity contribution in [2.24, 2.45) is 0 Å². The Morgan fingerprint density at radius 2 is 1.88 bits per heavy atom. The molecule has 0 bridgehead atoms. The fourth-order valence-corrected chi connectivity index (χ4v) is 4.21. The summed E-state index contributed by atoms with van der Waals surface area (Å²) < 4.78 is 7.43. The maximum absolute atomic E-state index is 9.86. The lowest BCUT2D eigenvalue weighted by Crippen LogP contribution is -2.45. The molecule has 7 heteroatoms. The summed E-state index contributed by atoms with van der Waals surface area (Å²) in [6.45, 7) is 2.45. The van der Waals surface area contributed by atoms with Crippen molar-refractivity contribution < 1.29 is 9.84 Å². The Bertz CT molecular complexity index is 671. The van der Waals surface area contributed by atoms with Gasteiger partial charge in [0.25, 0.3) is 0 Å². The lowest BCUT2D eigenvalue weighted by atomic mass is 10.0. The van der Waals surface area contributed by atoms with Crippen LogP contribution in [0.1, 0.15) is 43.1 Å². The number of rotatable bonds is 5. The van der Waals surface area contributed by atoms with Crippen molar-refractivity contribution in [3.05, 3.63) is 41.7 Å². The Morgan fingerprint density at radius 1 is 1.08 bits per heavy atom. The van der Waals surface area contributed by atoms with Gasteiger partial charge in [0.05, 0.1) is 19.2 Å². The highest BCUT2D eigenvalue weighted by Crippen LogP contribution is 2.38. The summed E-state index contributed by atoms with van der Waals surface area (Å²) in [6.07, 6.45) is 3.98. The van der Waals surface area contributed by atoms with Gasteiger partial charge in [0.1, 0.15) is 0 Å². The topological polar surface area (TPSA) is 76.3 Å². The molecule has 0 aliphatic carbocycles. The molecular weight excluding hydrogens is 318 g/mol. The van der Waals surface area contributed by atoms with E-state index in [1.54, 1.807) is 0 Å². The first-order valence-electron chi connectivity index (χ1n) is 9.13. The summed E-state index contributed by atoms with van der Waals surface area (Å²) in [6, 6.07) is 11.0. The molecule has 1 aromatic heterocycles. The van der Waals surface area contributed by atoms with Crippen LogP contribution in [0.25, 0.3) is 0 Å². The number of aliphatic hydroxyl groups is 1. The molecule has 25 heavy (non-hydrogen) atoms. The lowest BCUT2D eigenvalue weighted by molar-refractivity contribution is 0.000757. The van der Waals surface area contributed by atoms with Crippen LogP contribution in [0.2, 0.25) is 0 Å². The molecule has 0 amide bonds. The van der Waals surface area contributed by atoms with Gasteiger partial charge in [-0.1, -0.05) is 30.3 Å². The van der Waals surface area contributed by atoms with Gasteiger partial charge < -0.3 is 9.84 Å². The van der Waals surface area contributed by atoms with Gasteiger partial charge in [-0.25, -0.2) is 4.68 Å². The Hall–Kier alpha value is -1.83. The monoisotopic (exact) mass is 343 g/mol. The highest BCUT2D eigenvalue weighted by Gasteiger charge is 2.41. The molecule has 1 N–H and O–H groups in total. The molecule has 134 valence electrons. The molecule has 2 atom stereocenters. The van der Waals surface area contributed by atoms with Crippen LogP contribution >= 0.6 is 0 Å². The second kappa shape index (κ2) is 7.59. The van der Waals surface area contributed by atoms with Crippen molar-refractivity contribution >= 4 is 0 Å². The third-order valence-corrected chi connectivity index (χ3v) is 5.41. The number of aromatic nitrogens is 4. The van der Waals surface area contributed by atoms with E-state index in [-0.39, 0.29) is 18.7 Å². The number of likely N-dealkylation sites (tertiary alicyclic amines) is 1. The minimum atomic E-state index is 0.166.